The van der Waals surface area contributed by atoms with E-state index in [1.54, 1.807) is 42.5 Å². The maximum atomic E-state index is 12.7. The van der Waals surface area contributed by atoms with Crippen molar-refractivity contribution < 1.29 is 4.52 Å². The van der Waals surface area contributed by atoms with Crippen LogP contribution in [0.5, 0.6) is 0 Å². The Morgan fingerprint density at radius 3 is 2.55 bits per heavy atom. The molecular weight excluding hydrogens is 392 g/mol. The van der Waals surface area contributed by atoms with Gasteiger partial charge >= 0.3 is 5.69 Å². The Hall–Kier alpha value is -3.19. The summed E-state index contributed by atoms with van der Waals surface area (Å²) in [4.78, 5) is 32.3. The SMILES string of the molecule is CC(C)CCn1c(=O)[nH]c2cc(-c3nc(-c4ccc(Cl)cc4)no3)ccc2c1=O. The first kappa shape index (κ1) is 19.1. The standard InChI is InChI=1S/C21H19ClN4O3/c1-12(2)9-10-26-20(27)16-8-5-14(11-17(16)23-21(26)28)19-24-18(25-29-19)13-3-6-15(22)7-4-13/h3-8,11-12H,9-10H2,1-2H3,(H,23,28). The number of nitrogens with one attached hydrogen (secondary N) is 1. The lowest BCUT2D eigenvalue weighted by Crippen LogP contribution is -2.35. The van der Waals surface area contributed by atoms with Crippen LogP contribution in [0.25, 0.3) is 33.7 Å². The lowest BCUT2D eigenvalue weighted by Gasteiger charge is -2.08. The first-order valence-corrected chi connectivity index (χ1v) is 9.67. The molecule has 0 spiro atoms. The van der Waals surface area contributed by atoms with E-state index in [0.29, 0.717) is 45.7 Å². The van der Waals surface area contributed by atoms with Crippen LogP contribution in [0.1, 0.15) is 20.3 Å². The van der Waals surface area contributed by atoms with Gasteiger partial charge < -0.3 is 9.51 Å². The fourth-order valence-electron chi connectivity index (χ4n) is 3.03. The van der Waals surface area contributed by atoms with Crippen molar-refractivity contribution in [3.05, 3.63) is 68.3 Å². The van der Waals surface area contributed by atoms with Crippen LogP contribution >= 0.6 is 11.6 Å². The molecule has 2 heterocycles. The first-order chi connectivity index (χ1) is 13.9. The van der Waals surface area contributed by atoms with Gasteiger partial charge in [0.25, 0.3) is 11.4 Å². The fraction of sp³-hybridized carbons (Fsp3) is 0.238. The average molecular weight is 411 g/mol. The van der Waals surface area contributed by atoms with Gasteiger partial charge in [0.15, 0.2) is 0 Å². The van der Waals surface area contributed by atoms with Gasteiger partial charge in [-0.3, -0.25) is 9.36 Å². The number of hydrogen-bond donors (Lipinski definition) is 1. The number of benzene rings is 2. The summed E-state index contributed by atoms with van der Waals surface area (Å²) in [5, 5.41) is 5.06. The minimum atomic E-state index is -0.423. The molecule has 0 radical (unpaired) electrons. The molecule has 2 aromatic heterocycles. The fourth-order valence-corrected chi connectivity index (χ4v) is 3.16. The smallest absolute Gasteiger partial charge is 0.328 e. The zero-order valence-corrected chi connectivity index (χ0v) is 16.7. The number of nitrogens with zero attached hydrogens (tertiary/aromatic N) is 3. The van der Waals surface area contributed by atoms with Crippen LogP contribution in [-0.2, 0) is 6.54 Å². The van der Waals surface area contributed by atoms with Gasteiger partial charge in [-0.05, 0) is 54.8 Å². The number of hydrogen-bond acceptors (Lipinski definition) is 5. The summed E-state index contributed by atoms with van der Waals surface area (Å²) in [5.41, 5.74) is 1.09. The number of halogens is 1. The third-order valence-corrected chi connectivity index (χ3v) is 4.94. The molecule has 2 aromatic carbocycles. The highest BCUT2D eigenvalue weighted by atomic mass is 35.5. The molecule has 1 N–H and O–H groups in total. The second-order valence-electron chi connectivity index (χ2n) is 7.26. The molecule has 0 aliphatic rings. The maximum Gasteiger partial charge on any atom is 0.328 e. The maximum absolute atomic E-state index is 12.7. The Morgan fingerprint density at radius 1 is 1.10 bits per heavy atom. The highest BCUT2D eigenvalue weighted by Gasteiger charge is 2.14. The molecule has 8 heteroatoms. The molecular formula is C21H19ClN4O3. The van der Waals surface area contributed by atoms with Crippen molar-refractivity contribution in [3.8, 4) is 22.8 Å². The second kappa shape index (κ2) is 7.67. The molecule has 0 saturated heterocycles. The van der Waals surface area contributed by atoms with E-state index in [4.69, 9.17) is 16.1 Å². The average Bonchev–Trinajstić information content (AvgIpc) is 3.18. The zero-order valence-electron chi connectivity index (χ0n) is 16.0. The van der Waals surface area contributed by atoms with Crippen molar-refractivity contribution in [2.75, 3.05) is 0 Å². The van der Waals surface area contributed by atoms with Crippen molar-refractivity contribution >= 4 is 22.5 Å². The third-order valence-electron chi connectivity index (χ3n) is 4.69. The number of rotatable bonds is 5. The second-order valence-corrected chi connectivity index (χ2v) is 7.70. The molecule has 29 heavy (non-hydrogen) atoms. The van der Waals surface area contributed by atoms with E-state index in [2.05, 4.69) is 29.0 Å². The largest absolute Gasteiger partial charge is 0.334 e. The van der Waals surface area contributed by atoms with Gasteiger partial charge in [0, 0.05) is 22.7 Å². The van der Waals surface area contributed by atoms with Gasteiger partial charge in [0.05, 0.1) is 10.9 Å². The quantitative estimate of drug-likeness (QED) is 0.534. The van der Waals surface area contributed by atoms with Crippen molar-refractivity contribution in [1.29, 1.82) is 0 Å². The normalized spacial score (nSPS) is 11.4. The lowest BCUT2D eigenvalue weighted by atomic mass is 10.1. The molecule has 0 unspecified atom stereocenters. The van der Waals surface area contributed by atoms with E-state index in [9.17, 15) is 9.59 Å². The number of H-pyrrole nitrogens is 1. The van der Waals surface area contributed by atoms with Crippen molar-refractivity contribution in [3.63, 3.8) is 0 Å². The van der Waals surface area contributed by atoms with Gasteiger partial charge in [-0.25, -0.2) is 4.79 Å². The van der Waals surface area contributed by atoms with E-state index >= 15 is 0 Å². The van der Waals surface area contributed by atoms with Crippen molar-refractivity contribution in [1.82, 2.24) is 19.7 Å². The molecule has 0 aliphatic carbocycles. The van der Waals surface area contributed by atoms with Crippen LogP contribution in [0.4, 0.5) is 0 Å². The predicted octanol–water partition coefficient (Wildman–Crippen LogP) is 4.11. The van der Waals surface area contributed by atoms with Gasteiger partial charge in [-0.2, -0.15) is 4.98 Å². The summed E-state index contributed by atoms with van der Waals surface area (Å²) in [6, 6.07) is 12.2. The molecule has 7 nitrogen and oxygen atoms in total. The van der Waals surface area contributed by atoms with Crippen LogP contribution in [0.3, 0.4) is 0 Å². The van der Waals surface area contributed by atoms with E-state index < -0.39 is 5.69 Å². The van der Waals surface area contributed by atoms with E-state index in [1.165, 1.54) is 4.57 Å². The van der Waals surface area contributed by atoms with Crippen LogP contribution in [-0.4, -0.2) is 19.7 Å². The van der Waals surface area contributed by atoms with E-state index in [-0.39, 0.29) is 5.56 Å². The van der Waals surface area contributed by atoms with Crippen LogP contribution in [0.15, 0.2) is 56.6 Å². The monoisotopic (exact) mass is 410 g/mol. The van der Waals surface area contributed by atoms with Crippen LogP contribution < -0.4 is 11.2 Å². The molecule has 4 rings (SSSR count). The number of aromatic amines is 1. The number of aromatic nitrogens is 4. The van der Waals surface area contributed by atoms with Crippen LogP contribution in [0, 0.1) is 5.92 Å². The minimum Gasteiger partial charge on any atom is -0.334 e. The van der Waals surface area contributed by atoms with Gasteiger partial charge in [0.2, 0.25) is 5.82 Å². The Bertz CT molecular complexity index is 1290. The first-order valence-electron chi connectivity index (χ1n) is 9.29. The van der Waals surface area contributed by atoms with Crippen LogP contribution in [0.2, 0.25) is 5.02 Å². The van der Waals surface area contributed by atoms with Gasteiger partial charge in [-0.1, -0.05) is 30.6 Å². The minimum absolute atomic E-state index is 0.293. The summed E-state index contributed by atoms with van der Waals surface area (Å²) in [6.07, 6.45) is 0.752. The zero-order chi connectivity index (χ0) is 20.5. The molecule has 0 fully saturated rings. The Balaban J connectivity index is 1.71. The number of fused-ring (bicyclic) bond motifs is 1. The molecule has 4 aromatic rings. The molecule has 0 bridgehead atoms. The van der Waals surface area contributed by atoms with Crippen molar-refractivity contribution in [2.24, 2.45) is 5.92 Å². The third kappa shape index (κ3) is 3.86. The van der Waals surface area contributed by atoms with Gasteiger partial charge in [0.1, 0.15) is 0 Å². The van der Waals surface area contributed by atoms with Crippen molar-refractivity contribution in [2.45, 2.75) is 26.8 Å². The summed E-state index contributed by atoms with van der Waals surface area (Å²) >= 11 is 5.91. The highest BCUT2D eigenvalue weighted by Crippen LogP contribution is 2.24. The Morgan fingerprint density at radius 2 is 1.83 bits per heavy atom. The lowest BCUT2D eigenvalue weighted by molar-refractivity contribution is 0.432. The topological polar surface area (TPSA) is 93.8 Å². The summed E-state index contributed by atoms with van der Waals surface area (Å²) in [7, 11) is 0. The molecule has 0 aliphatic heterocycles. The molecule has 0 atom stereocenters. The Labute approximate surface area is 171 Å². The Kier molecular flexibility index (Phi) is 5.07. The predicted molar refractivity (Wildman–Crippen MR) is 112 cm³/mol. The summed E-state index contributed by atoms with van der Waals surface area (Å²) in [5.74, 6) is 1.11. The highest BCUT2D eigenvalue weighted by molar-refractivity contribution is 6.30. The molecule has 0 saturated carbocycles. The van der Waals surface area contributed by atoms with E-state index in [1.807, 2.05) is 0 Å². The molecule has 0 amide bonds. The van der Waals surface area contributed by atoms with E-state index in [0.717, 1.165) is 12.0 Å². The van der Waals surface area contributed by atoms with Gasteiger partial charge in [-0.15, -0.1) is 0 Å². The summed E-state index contributed by atoms with van der Waals surface area (Å²) < 4.78 is 6.61. The molecule has 148 valence electrons. The summed E-state index contributed by atoms with van der Waals surface area (Å²) in [6.45, 7) is 4.49.